The van der Waals surface area contributed by atoms with E-state index in [1.165, 1.54) is 23.9 Å². The van der Waals surface area contributed by atoms with Crippen molar-refractivity contribution >= 4 is 34.7 Å². The number of hydrogen-bond acceptors (Lipinski definition) is 5. The Morgan fingerprint density at radius 2 is 1.64 bits per heavy atom. The number of nitrogens with zero attached hydrogens (tertiary/aromatic N) is 2. The Hall–Kier alpha value is -2.12. The fraction of sp³-hybridized carbons (Fsp3) is 0.143. The van der Waals surface area contributed by atoms with Gasteiger partial charge in [0.2, 0.25) is 0 Å². The van der Waals surface area contributed by atoms with Gasteiger partial charge in [0, 0.05) is 28.2 Å². The number of benzene rings is 2. The van der Waals surface area contributed by atoms with Gasteiger partial charge < -0.3 is 0 Å². The molecular formula is C14H11ClN2O4S. The molecule has 8 heteroatoms. The fourth-order valence-electron chi connectivity index (χ4n) is 1.82. The molecule has 0 saturated heterocycles. The van der Waals surface area contributed by atoms with Crippen LogP contribution in [0.25, 0.3) is 0 Å². The number of rotatable bonds is 6. The summed E-state index contributed by atoms with van der Waals surface area (Å²) in [5.74, 6) is 1.07. The maximum atomic E-state index is 11.0. The van der Waals surface area contributed by atoms with Crippen molar-refractivity contribution < 1.29 is 9.85 Å². The van der Waals surface area contributed by atoms with E-state index in [4.69, 9.17) is 11.6 Å². The quantitative estimate of drug-likeness (QED) is 0.568. The molecule has 0 unspecified atom stereocenters. The van der Waals surface area contributed by atoms with Gasteiger partial charge in [-0.1, -0.05) is 23.7 Å². The summed E-state index contributed by atoms with van der Waals surface area (Å²) < 4.78 is 0. The summed E-state index contributed by atoms with van der Waals surface area (Å²) >= 11 is 7.29. The van der Waals surface area contributed by atoms with Crippen LogP contribution in [-0.2, 0) is 11.5 Å². The molecule has 6 nitrogen and oxygen atoms in total. The van der Waals surface area contributed by atoms with Crippen LogP contribution in [-0.4, -0.2) is 9.85 Å². The second-order valence-corrected chi connectivity index (χ2v) is 5.87. The molecule has 2 aromatic carbocycles. The van der Waals surface area contributed by atoms with Crippen molar-refractivity contribution in [3.63, 3.8) is 0 Å². The Bertz CT molecular complexity index is 706. The molecule has 0 saturated carbocycles. The number of non-ortho nitro benzene ring substituents is 1. The molecule has 0 aliphatic rings. The molecule has 2 rings (SSSR count). The highest BCUT2D eigenvalue weighted by Crippen LogP contribution is 2.29. The lowest BCUT2D eigenvalue weighted by Gasteiger charge is -2.04. The van der Waals surface area contributed by atoms with Crippen molar-refractivity contribution in [2.75, 3.05) is 0 Å². The molecule has 0 aromatic heterocycles. The third-order valence-electron chi connectivity index (χ3n) is 2.92. The van der Waals surface area contributed by atoms with Crippen LogP contribution in [0.4, 0.5) is 11.4 Å². The molecule has 0 bridgehead atoms. The maximum Gasteiger partial charge on any atom is 0.280 e. The summed E-state index contributed by atoms with van der Waals surface area (Å²) in [5, 5.41) is 22.4. The van der Waals surface area contributed by atoms with Gasteiger partial charge in [-0.15, -0.1) is 0 Å². The number of nitro benzene ring substituents is 2. The Balaban J connectivity index is 2.07. The molecule has 0 atom stereocenters. The smallest absolute Gasteiger partial charge is 0.258 e. The van der Waals surface area contributed by atoms with Crippen LogP contribution in [0.2, 0.25) is 5.02 Å². The largest absolute Gasteiger partial charge is 0.280 e. The second-order valence-electron chi connectivity index (χ2n) is 4.45. The van der Waals surface area contributed by atoms with Crippen molar-refractivity contribution in [3.8, 4) is 0 Å². The molecule has 0 radical (unpaired) electrons. The lowest BCUT2D eigenvalue weighted by atomic mass is 10.2. The third-order valence-corrected chi connectivity index (χ3v) is 4.22. The first-order valence-electron chi connectivity index (χ1n) is 6.21. The van der Waals surface area contributed by atoms with E-state index in [0.29, 0.717) is 22.1 Å². The van der Waals surface area contributed by atoms with Crippen LogP contribution in [0.1, 0.15) is 11.1 Å². The molecule has 0 fully saturated rings. The predicted molar refractivity (Wildman–Crippen MR) is 86.2 cm³/mol. The zero-order chi connectivity index (χ0) is 16.1. The first-order valence-corrected chi connectivity index (χ1v) is 7.74. The summed E-state index contributed by atoms with van der Waals surface area (Å²) in [4.78, 5) is 20.5. The van der Waals surface area contributed by atoms with Crippen LogP contribution < -0.4 is 0 Å². The highest BCUT2D eigenvalue weighted by Gasteiger charge is 2.19. The van der Waals surface area contributed by atoms with Gasteiger partial charge in [0.1, 0.15) is 0 Å². The molecule has 2 aromatic rings. The zero-order valence-electron chi connectivity index (χ0n) is 11.3. The third kappa shape index (κ3) is 4.19. The van der Waals surface area contributed by atoms with Gasteiger partial charge in [-0.25, -0.2) is 0 Å². The van der Waals surface area contributed by atoms with Crippen molar-refractivity contribution in [3.05, 3.63) is 78.8 Å². The molecule has 22 heavy (non-hydrogen) atoms. The van der Waals surface area contributed by atoms with E-state index >= 15 is 0 Å². The van der Waals surface area contributed by atoms with E-state index < -0.39 is 9.85 Å². The summed E-state index contributed by atoms with van der Waals surface area (Å²) in [6.45, 7) is 0. The molecule has 0 N–H and O–H groups in total. The Kier molecular flexibility index (Phi) is 5.35. The van der Waals surface area contributed by atoms with Gasteiger partial charge >= 0.3 is 0 Å². The average Bonchev–Trinajstić information content (AvgIpc) is 2.49. The standard InChI is InChI=1S/C14H11ClN2O4S/c15-12-4-1-10(2-5-12)8-22-9-11-3-6-13(16(18)19)7-14(11)17(20)21/h1-7H,8-9H2. The summed E-state index contributed by atoms with van der Waals surface area (Å²) in [6, 6.07) is 11.1. The monoisotopic (exact) mass is 338 g/mol. The fourth-order valence-corrected chi connectivity index (χ4v) is 2.94. The molecule has 114 valence electrons. The van der Waals surface area contributed by atoms with Gasteiger partial charge in [-0.2, -0.15) is 11.8 Å². The first kappa shape index (κ1) is 16.3. The lowest BCUT2D eigenvalue weighted by molar-refractivity contribution is -0.394. The minimum atomic E-state index is -0.641. The number of thioether (sulfide) groups is 1. The topological polar surface area (TPSA) is 86.3 Å². The highest BCUT2D eigenvalue weighted by atomic mass is 35.5. The van der Waals surface area contributed by atoms with E-state index in [1.807, 2.05) is 12.1 Å². The van der Waals surface area contributed by atoms with Crippen LogP contribution in [0.5, 0.6) is 0 Å². The van der Waals surface area contributed by atoms with Gasteiger partial charge in [-0.05, 0) is 23.8 Å². The van der Waals surface area contributed by atoms with Crippen LogP contribution in [0, 0.1) is 20.2 Å². The number of nitro groups is 2. The Labute approximate surface area is 135 Å². The maximum absolute atomic E-state index is 11.0. The molecule has 0 aliphatic carbocycles. The van der Waals surface area contributed by atoms with Crippen molar-refractivity contribution in [2.24, 2.45) is 0 Å². The predicted octanol–water partition coefficient (Wildman–Crippen LogP) is 4.59. The van der Waals surface area contributed by atoms with E-state index in [2.05, 4.69) is 0 Å². The summed E-state index contributed by atoms with van der Waals surface area (Å²) in [5.41, 5.74) is 1.02. The second kappa shape index (κ2) is 7.24. The normalized spacial score (nSPS) is 10.4. The van der Waals surface area contributed by atoms with E-state index in [0.717, 1.165) is 11.6 Å². The van der Waals surface area contributed by atoms with Crippen molar-refractivity contribution in [2.45, 2.75) is 11.5 Å². The number of hydrogen-bond donors (Lipinski definition) is 0. The van der Waals surface area contributed by atoms with Gasteiger partial charge in [-0.3, -0.25) is 20.2 Å². The van der Waals surface area contributed by atoms with Crippen molar-refractivity contribution in [1.29, 1.82) is 0 Å². The van der Waals surface area contributed by atoms with Gasteiger partial charge in [0.15, 0.2) is 0 Å². The zero-order valence-corrected chi connectivity index (χ0v) is 12.8. The molecular weight excluding hydrogens is 328 g/mol. The minimum Gasteiger partial charge on any atom is -0.258 e. The molecule has 0 spiro atoms. The molecule has 0 heterocycles. The van der Waals surface area contributed by atoms with Crippen LogP contribution >= 0.6 is 23.4 Å². The molecule has 0 amide bonds. The Morgan fingerprint density at radius 1 is 0.955 bits per heavy atom. The van der Waals surface area contributed by atoms with E-state index in [1.54, 1.807) is 12.1 Å². The SMILES string of the molecule is O=[N+]([O-])c1ccc(CSCc2ccc(Cl)cc2)c([N+](=O)[O-])c1. The Morgan fingerprint density at radius 3 is 2.23 bits per heavy atom. The summed E-state index contributed by atoms with van der Waals surface area (Å²) in [7, 11) is 0. The highest BCUT2D eigenvalue weighted by molar-refractivity contribution is 7.97. The number of halogens is 1. The van der Waals surface area contributed by atoms with E-state index in [-0.39, 0.29) is 11.4 Å². The summed E-state index contributed by atoms with van der Waals surface area (Å²) in [6.07, 6.45) is 0. The first-order chi connectivity index (χ1) is 10.5. The van der Waals surface area contributed by atoms with Gasteiger partial charge in [0.05, 0.1) is 15.9 Å². The van der Waals surface area contributed by atoms with Crippen LogP contribution in [0.15, 0.2) is 42.5 Å². The van der Waals surface area contributed by atoms with Crippen LogP contribution in [0.3, 0.4) is 0 Å². The van der Waals surface area contributed by atoms with E-state index in [9.17, 15) is 20.2 Å². The average molecular weight is 339 g/mol. The van der Waals surface area contributed by atoms with Crippen molar-refractivity contribution in [1.82, 2.24) is 0 Å². The minimum absolute atomic E-state index is 0.224. The lowest BCUT2D eigenvalue weighted by Crippen LogP contribution is -1.97. The van der Waals surface area contributed by atoms with Gasteiger partial charge in [0.25, 0.3) is 11.4 Å². The molecule has 0 aliphatic heterocycles.